The number of aryl methyl sites for hydroxylation is 1. The smallest absolute Gasteiger partial charge is 0.134 e. The van der Waals surface area contributed by atoms with Gasteiger partial charge in [-0.3, -0.25) is 0 Å². The van der Waals surface area contributed by atoms with Gasteiger partial charge >= 0.3 is 0 Å². The molecule has 0 saturated heterocycles. The van der Waals surface area contributed by atoms with E-state index in [1.807, 2.05) is 43.3 Å². The lowest BCUT2D eigenvalue weighted by Gasteiger charge is -2.08. The summed E-state index contributed by atoms with van der Waals surface area (Å²) in [6.07, 6.45) is 0. The predicted molar refractivity (Wildman–Crippen MR) is 87.4 cm³/mol. The molecule has 20 heavy (non-hydrogen) atoms. The maximum atomic E-state index is 6.19. The Hall–Kier alpha value is -1.45. The summed E-state index contributed by atoms with van der Waals surface area (Å²) in [4.78, 5) is 0. The van der Waals surface area contributed by atoms with Crippen molar-refractivity contribution in [2.75, 3.05) is 5.32 Å². The van der Waals surface area contributed by atoms with Crippen molar-refractivity contribution in [3.63, 3.8) is 0 Å². The molecule has 0 atom stereocenters. The van der Waals surface area contributed by atoms with E-state index in [0.29, 0.717) is 11.6 Å². The second kappa shape index (κ2) is 5.51. The van der Waals surface area contributed by atoms with E-state index in [1.54, 1.807) is 0 Å². The summed E-state index contributed by atoms with van der Waals surface area (Å²) in [5, 5.41) is 5.22. The highest BCUT2D eigenvalue weighted by Crippen LogP contribution is 2.29. The summed E-state index contributed by atoms with van der Waals surface area (Å²) in [7, 11) is 0. The minimum Gasteiger partial charge on any atom is -0.461 e. The molecule has 2 nitrogen and oxygen atoms in total. The van der Waals surface area contributed by atoms with Crippen LogP contribution in [0.3, 0.4) is 0 Å². The predicted octanol–water partition coefficient (Wildman–Crippen LogP) is 5.77. The average molecular weight is 351 g/mol. The van der Waals surface area contributed by atoms with Gasteiger partial charge in [0, 0.05) is 22.0 Å². The van der Waals surface area contributed by atoms with Crippen LogP contribution in [0.1, 0.15) is 11.3 Å². The Balaban J connectivity index is 1.90. The average Bonchev–Trinajstić information content (AvgIpc) is 2.75. The molecule has 0 unspecified atom stereocenters. The molecule has 0 fully saturated rings. The molecule has 0 spiro atoms. The van der Waals surface area contributed by atoms with Gasteiger partial charge in [-0.25, -0.2) is 0 Å². The number of anilines is 1. The van der Waals surface area contributed by atoms with Crippen molar-refractivity contribution in [2.45, 2.75) is 13.5 Å². The van der Waals surface area contributed by atoms with Crippen LogP contribution >= 0.6 is 27.5 Å². The zero-order valence-electron chi connectivity index (χ0n) is 10.9. The van der Waals surface area contributed by atoms with E-state index < -0.39 is 0 Å². The van der Waals surface area contributed by atoms with Crippen LogP contribution < -0.4 is 5.32 Å². The Morgan fingerprint density at radius 1 is 1.20 bits per heavy atom. The van der Waals surface area contributed by atoms with E-state index in [0.717, 1.165) is 32.5 Å². The fourth-order valence-corrected chi connectivity index (χ4v) is 2.80. The highest BCUT2D eigenvalue weighted by atomic mass is 79.9. The number of nitrogens with one attached hydrogen (secondary N) is 1. The number of para-hydroxylation sites is 1. The molecule has 0 saturated carbocycles. The van der Waals surface area contributed by atoms with E-state index in [9.17, 15) is 0 Å². The highest BCUT2D eigenvalue weighted by Gasteiger charge is 2.10. The third kappa shape index (κ3) is 2.56. The molecule has 102 valence electrons. The maximum absolute atomic E-state index is 6.19. The Kier molecular flexibility index (Phi) is 3.72. The van der Waals surface area contributed by atoms with E-state index in [4.69, 9.17) is 16.0 Å². The van der Waals surface area contributed by atoms with Gasteiger partial charge in [0.15, 0.2) is 0 Å². The summed E-state index contributed by atoms with van der Waals surface area (Å²) in [5.74, 6) is 0.935. The number of furan rings is 1. The largest absolute Gasteiger partial charge is 0.461 e. The van der Waals surface area contributed by atoms with Crippen molar-refractivity contribution >= 4 is 44.2 Å². The van der Waals surface area contributed by atoms with Gasteiger partial charge in [-0.1, -0.05) is 45.7 Å². The first kappa shape index (κ1) is 13.5. The van der Waals surface area contributed by atoms with Crippen molar-refractivity contribution in [2.24, 2.45) is 0 Å². The SMILES string of the molecule is Cc1oc2ccccc2c1CNc1cc(Br)ccc1Cl. The highest BCUT2D eigenvalue weighted by molar-refractivity contribution is 9.10. The van der Waals surface area contributed by atoms with Crippen LogP contribution in [0.15, 0.2) is 51.4 Å². The molecule has 3 rings (SSSR count). The lowest BCUT2D eigenvalue weighted by atomic mass is 10.1. The number of benzene rings is 2. The van der Waals surface area contributed by atoms with E-state index >= 15 is 0 Å². The second-order valence-corrected chi connectivity index (χ2v) is 5.93. The Bertz CT molecular complexity index is 766. The molecule has 2 aromatic carbocycles. The van der Waals surface area contributed by atoms with Gasteiger partial charge in [-0.05, 0) is 31.2 Å². The monoisotopic (exact) mass is 349 g/mol. The standard InChI is InChI=1S/C16H13BrClNO/c1-10-13(12-4-2-3-5-16(12)20-10)9-19-15-8-11(17)6-7-14(15)18/h2-8,19H,9H2,1H3. The van der Waals surface area contributed by atoms with E-state index in [2.05, 4.69) is 27.3 Å². The van der Waals surface area contributed by atoms with Gasteiger partial charge in [0.1, 0.15) is 11.3 Å². The molecule has 1 heterocycles. The van der Waals surface area contributed by atoms with Crippen LogP contribution in [0, 0.1) is 6.92 Å². The summed E-state index contributed by atoms with van der Waals surface area (Å²) in [6.45, 7) is 2.67. The summed E-state index contributed by atoms with van der Waals surface area (Å²) < 4.78 is 6.76. The Morgan fingerprint density at radius 2 is 2.00 bits per heavy atom. The molecular formula is C16H13BrClNO. The maximum Gasteiger partial charge on any atom is 0.134 e. The zero-order valence-corrected chi connectivity index (χ0v) is 13.3. The van der Waals surface area contributed by atoms with Crippen molar-refractivity contribution in [1.82, 2.24) is 0 Å². The third-order valence-corrected chi connectivity index (χ3v) is 4.11. The number of rotatable bonds is 3. The quantitative estimate of drug-likeness (QED) is 0.648. The molecule has 0 radical (unpaired) electrons. The number of fused-ring (bicyclic) bond motifs is 1. The second-order valence-electron chi connectivity index (χ2n) is 4.61. The molecule has 3 aromatic rings. The third-order valence-electron chi connectivity index (χ3n) is 3.28. The molecule has 0 amide bonds. The van der Waals surface area contributed by atoms with Gasteiger partial charge in [0.2, 0.25) is 0 Å². The molecule has 0 aliphatic carbocycles. The van der Waals surface area contributed by atoms with E-state index in [-0.39, 0.29) is 0 Å². The van der Waals surface area contributed by atoms with Crippen LogP contribution in [0.2, 0.25) is 5.02 Å². The molecule has 0 bridgehead atoms. The summed E-state index contributed by atoms with van der Waals surface area (Å²) in [5.41, 5.74) is 2.99. The van der Waals surface area contributed by atoms with Crippen LogP contribution in [0.25, 0.3) is 11.0 Å². The molecule has 1 aromatic heterocycles. The van der Waals surface area contributed by atoms with Crippen LogP contribution in [-0.4, -0.2) is 0 Å². The van der Waals surface area contributed by atoms with Crippen molar-refractivity contribution < 1.29 is 4.42 Å². The molecule has 0 aliphatic rings. The summed E-state index contributed by atoms with van der Waals surface area (Å²) >= 11 is 9.64. The molecule has 4 heteroatoms. The minimum atomic E-state index is 0.680. The first-order valence-corrected chi connectivity index (χ1v) is 7.48. The van der Waals surface area contributed by atoms with Crippen LogP contribution in [0.4, 0.5) is 5.69 Å². The van der Waals surface area contributed by atoms with Crippen molar-refractivity contribution in [3.05, 3.63) is 63.3 Å². The normalized spacial score (nSPS) is 10.9. The van der Waals surface area contributed by atoms with E-state index in [1.165, 1.54) is 0 Å². The van der Waals surface area contributed by atoms with Gasteiger partial charge in [-0.2, -0.15) is 0 Å². The molecular weight excluding hydrogens is 338 g/mol. The van der Waals surface area contributed by atoms with Crippen molar-refractivity contribution in [1.29, 1.82) is 0 Å². The molecule has 0 aliphatic heterocycles. The summed E-state index contributed by atoms with van der Waals surface area (Å²) in [6, 6.07) is 13.8. The van der Waals surface area contributed by atoms with Crippen molar-refractivity contribution in [3.8, 4) is 0 Å². The lowest BCUT2D eigenvalue weighted by molar-refractivity contribution is 0.573. The molecule has 1 N–H and O–H groups in total. The topological polar surface area (TPSA) is 25.2 Å². The van der Waals surface area contributed by atoms with Gasteiger partial charge in [0.25, 0.3) is 0 Å². The first-order valence-electron chi connectivity index (χ1n) is 6.31. The zero-order chi connectivity index (χ0) is 14.1. The van der Waals surface area contributed by atoms with Crippen LogP contribution in [0.5, 0.6) is 0 Å². The first-order chi connectivity index (χ1) is 9.65. The lowest BCUT2D eigenvalue weighted by Crippen LogP contribution is -2.00. The Morgan fingerprint density at radius 3 is 2.85 bits per heavy atom. The van der Waals surface area contributed by atoms with Crippen LogP contribution in [-0.2, 0) is 6.54 Å². The Labute approximate surface area is 130 Å². The van der Waals surface area contributed by atoms with Gasteiger partial charge in [0.05, 0.1) is 10.7 Å². The fraction of sp³-hybridized carbons (Fsp3) is 0.125. The number of hydrogen-bond donors (Lipinski definition) is 1. The van der Waals surface area contributed by atoms with Gasteiger partial charge in [-0.15, -0.1) is 0 Å². The minimum absolute atomic E-state index is 0.680. The number of hydrogen-bond acceptors (Lipinski definition) is 2. The number of halogens is 2. The fourth-order valence-electron chi connectivity index (χ4n) is 2.26. The van der Waals surface area contributed by atoms with Gasteiger partial charge < -0.3 is 9.73 Å².